The minimum Gasteiger partial charge on any atom is -0.314 e. The normalized spacial score (nSPS) is 26.8. The lowest BCUT2D eigenvalue weighted by Crippen LogP contribution is -2.34. The summed E-state index contributed by atoms with van der Waals surface area (Å²) in [7, 11) is 0. The lowest BCUT2D eigenvalue weighted by Gasteiger charge is -2.30. The molecule has 0 radical (unpaired) electrons. The number of hydrogen-bond donors (Lipinski definition) is 1. The zero-order valence-electron chi connectivity index (χ0n) is 10.7. The highest BCUT2D eigenvalue weighted by Gasteiger charge is 2.20. The predicted octanol–water partition coefficient (Wildman–Crippen LogP) is 4.13. The molecule has 0 spiro atoms. The van der Waals surface area contributed by atoms with Crippen molar-refractivity contribution in [3.8, 4) is 0 Å². The Balaban J connectivity index is 2.11. The first-order valence-corrected chi connectivity index (χ1v) is 7.10. The maximum Gasteiger partial charge on any atom is 0.00697 e. The van der Waals surface area contributed by atoms with Crippen LogP contribution >= 0.6 is 0 Å². The third kappa shape index (κ3) is 5.55. The molecule has 0 aromatic carbocycles. The Morgan fingerprint density at radius 2 is 1.93 bits per heavy atom. The largest absolute Gasteiger partial charge is 0.314 e. The van der Waals surface area contributed by atoms with Crippen LogP contribution in [0, 0.1) is 5.92 Å². The standard InChI is InChI=1S/C14H29N/c1-3-5-6-8-13-9-7-10-14(12-13)15-11-4-2/h13-15H,3-12H2,1-2H3. The van der Waals surface area contributed by atoms with Gasteiger partial charge in [0.05, 0.1) is 0 Å². The Kier molecular flexibility index (Phi) is 7.08. The van der Waals surface area contributed by atoms with Gasteiger partial charge in [0.25, 0.3) is 0 Å². The van der Waals surface area contributed by atoms with Gasteiger partial charge in [-0.3, -0.25) is 0 Å². The minimum absolute atomic E-state index is 0.838. The molecule has 90 valence electrons. The molecule has 1 saturated carbocycles. The quantitative estimate of drug-likeness (QED) is 0.624. The summed E-state index contributed by atoms with van der Waals surface area (Å²) < 4.78 is 0. The minimum atomic E-state index is 0.838. The highest BCUT2D eigenvalue weighted by Crippen LogP contribution is 2.28. The summed E-state index contributed by atoms with van der Waals surface area (Å²) in [6.45, 7) is 5.77. The second-order valence-corrected chi connectivity index (χ2v) is 5.18. The van der Waals surface area contributed by atoms with E-state index in [2.05, 4.69) is 19.2 Å². The van der Waals surface area contributed by atoms with Crippen LogP contribution in [0.1, 0.15) is 71.6 Å². The molecule has 2 atom stereocenters. The third-order valence-corrected chi connectivity index (χ3v) is 3.68. The van der Waals surface area contributed by atoms with Crippen LogP contribution in [0.5, 0.6) is 0 Å². The van der Waals surface area contributed by atoms with Crippen LogP contribution in [0.25, 0.3) is 0 Å². The maximum absolute atomic E-state index is 3.69. The van der Waals surface area contributed by atoms with Gasteiger partial charge in [-0.1, -0.05) is 52.4 Å². The lowest BCUT2D eigenvalue weighted by atomic mass is 9.82. The van der Waals surface area contributed by atoms with Crippen molar-refractivity contribution < 1.29 is 0 Å². The van der Waals surface area contributed by atoms with Gasteiger partial charge >= 0.3 is 0 Å². The highest BCUT2D eigenvalue weighted by atomic mass is 14.9. The molecule has 1 heteroatoms. The monoisotopic (exact) mass is 211 g/mol. The zero-order chi connectivity index (χ0) is 10.9. The van der Waals surface area contributed by atoms with E-state index in [1.54, 1.807) is 0 Å². The van der Waals surface area contributed by atoms with Gasteiger partial charge < -0.3 is 5.32 Å². The van der Waals surface area contributed by atoms with Crippen molar-refractivity contribution in [1.82, 2.24) is 5.32 Å². The Morgan fingerprint density at radius 3 is 2.67 bits per heavy atom. The first kappa shape index (κ1) is 13.0. The lowest BCUT2D eigenvalue weighted by molar-refractivity contribution is 0.268. The predicted molar refractivity (Wildman–Crippen MR) is 68.2 cm³/mol. The molecule has 15 heavy (non-hydrogen) atoms. The Bertz CT molecular complexity index is 144. The number of unbranched alkanes of at least 4 members (excludes halogenated alkanes) is 2. The van der Waals surface area contributed by atoms with Gasteiger partial charge in [-0.05, 0) is 31.7 Å². The average molecular weight is 211 g/mol. The summed E-state index contributed by atoms with van der Waals surface area (Å²) in [5, 5.41) is 3.69. The molecule has 1 N–H and O–H groups in total. The molecule has 0 aromatic heterocycles. The van der Waals surface area contributed by atoms with E-state index in [1.165, 1.54) is 64.3 Å². The van der Waals surface area contributed by atoms with Gasteiger partial charge in [-0.25, -0.2) is 0 Å². The van der Waals surface area contributed by atoms with E-state index < -0.39 is 0 Å². The van der Waals surface area contributed by atoms with Crippen LogP contribution < -0.4 is 5.32 Å². The van der Waals surface area contributed by atoms with E-state index in [0.29, 0.717) is 0 Å². The highest BCUT2D eigenvalue weighted by molar-refractivity contribution is 4.77. The molecular weight excluding hydrogens is 182 g/mol. The molecule has 0 saturated heterocycles. The first-order valence-electron chi connectivity index (χ1n) is 7.10. The summed E-state index contributed by atoms with van der Waals surface area (Å²) in [4.78, 5) is 0. The Labute approximate surface area is 96.0 Å². The summed E-state index contributed by atoms with van der Waals surface area (Å²) >= 11 is 0. The van der Waals surface area contributed by atoms with Gasteiger partial charge in [0.2, 0.25) is 0 Å². The van der Waals surface area contributed by atoms with Crippen LogP contribution in [0.3, 0.4) is 0 Å². The van der Waals surface area contributed by atoms with Crippen molar-refractivity contribution >= 4 is 0 Å². The fourth-order valence-electron chi connectivity index (χ4n) is 2.77. The van der Waals surface area contributed by atoms with Gasteiger partial charge in [0.1, 0.15) is 0 Å². The number of rotatable bonds is 7. The second kappa shape index (κ2) is 8.15. The second-order valence-electron chi connectivity index (χ2n) is 5.18. The molecule has 1 aliphatic carbocycles. The SMILES string of the molecule is CCCCCC1CCCC(NCCC)C1. The number of hydrogen-bond acceptors (Lipinski definition) is 1. The van der Waals surface area contributed by atoms with Crippen molar-refractivity contribution in [3.05, 3.63) is 0 Å². The average Bonchev–Trinajstić information content (AvgIpc) is 2.27. The topological polar surface area (TPSA) is 12.0 Å². The summed E-state index contributed by atoms with van der Waals surface area (Å²) in [5.41, 5.74) is 0. The van der Waals surface area contributed by atoms with Gasteiger partial charge in [0, 0.05) is 6.04 Å². The molecular formula is C14H29N. The first-order chi connectivity index (χ1) is 7.36. The van der Waals surface area contributed by atoms with Crippen LogP contribution in [0.15, 0.2) is 0 Å². The van der Waals surface area contributed by atoms with Crippen molar-refractivity contribution in [2.75, 3.05) is 6.54 Å². The number of nitrogens with one attached hydrogen (secondary N) is 1. The fourth-order valence-corrected chi connectivity index (χ4v) is 2.77. The Hall–Kier alpha value is -0.0400. The zero-order valence-corrected chi connectivity index (χ0v) is 10.7. The molecule has 1 aliphatic rings. The molecule has 0 aliphatic heterocycles. The molecule has 2 unspecified atom stereocenters. The van der Waals surface area contributed by atoms with E-state index >= 15 is 0 Å². The van der Waals surface area contributed by atoms with Crippen molar-refractivity contribution in [2.45, 2.75) is 77.7 Å². The van der Waals surface area contributed by atoms with Crippen LogP contribution in [0.2, 0.25) is 0 Å². The summed E-state index contributed by atoms with van der Waals surface area (Å²) in [5.74, 6) is 1.03. The van der Waals surface area contributed by atoms with Crippen molar-refractivity contribution in [3.63, 3.8) is 0 Å². The van der Waals surface area contributed by atoms with Crippen LogP contribution in [-0.2, 0) is 0 Å². The fraction of sp³-hybridized carbons (Fsp3) is 1.00. The summed E-state index contributed by atoms with van der Waals surface area (Å²) in [6.07, 6.45) is 12.8. The van der Waals surface area contributed by atoms with Crippen molar-refractivity contribution in [2.24, 2.45) is 5.92 Å². The molecule has 1 rings (SSSR count). The van der Waals surface area contributed by atoms with Crippen molar-refractivity contribution in [1.29, 1.82) is 0 Å². The molecule has 0 heterocycles. The van der Waals surface area contributed by atoms with Gasteiger partial charge in [-0.15, -0.1) is 0 Å². The third-order valence-electron chi connectivity index (χ3n) is 3.68. The maximum atomic E-state index is 3.69. The smallest absolute Gasteiger partial charge is 0.00697 e. The molecule has 0 bridgehead atoms. The summed E-state index contributed by atoms with van der Waals surface area (Å²) in [6, 6.07) is 0.838. The Morgan fingerprint density at radius 1 is 1.07 bits per heavy atom. The van der Waals surface area contributed by atoms with E-state index in [4.69, 9.17) is 0 Å². The van der Waals surface area contributed by atoms with E-state index in [0.717, 1.165) is 12.0 Å². The van der Waals surface area contributed by atoms with Gasteiger partial charge in [0.15, 0.2) is 0 Å². The molecule has 1 fully saturated rings. The molecule has 0 aromatic rings. The van der Waals surface area contributed by atoms with E-state index in [-0.39, 0.29) is 0 Å². The van der Waals surface area contributed by atoms with E-state index in [9.17, 15) is 0 Å². The van der Waals surface area contributed by atoms with E-state index in [1.807, 2.05) is 0 Å². The van der Waals surface area contributed by atoms with Gasteiger partial charge in [-0.2, -0.15) is 0 Å². The van der Waals surface area contributed by atoms with Crippen LogP contribution in [0.4, 0.5) is 0 Å². The molecule has 1 nitrogen and oxygen atoms in total. The molecule has 0 amide bonds. The van der Waals surface area contributed by atoms with Crippen LogP contribution in [-0.4, -0.2) is 12.6 Å².